The highest BCUT2D eigenvalue weighted by molar-refractivity contribution is 6.29. The summed E-state index contributed by atoms with van der Waals surface area (Å²) < 4.78 is 11.2. The van der Waals surface area contributed by atoms with E-state index in [9.17, 15) is 0 Å². The molecule has 0 atom stereocenters. The van der Waals surface area contributed by atoms with Gasteiger partial charge >= 0.3 is 0 Å². The first-order valence-corrected chi connectivity index (χ1v) is 8.53. The van der Waals surface area contributed by atoms with Crippen LogP contribution in [0.15, 0.2) is 36.5 Å². The molecule has 0 fully saturated rings. The van der Waals surface area contributed by atoms with Gasteiger partial charge in [0.25, 0.3) is 0 Å². The van der Waals surface area contributed by atoms with E-state index in [0.717, 1.165) is 30.8 Å². The number of aliphatic hydroxyl groups excluding tert-OH is 1. The quantitative estimate of drug-likeness (QED) is 0.417. The van der Waals surface area contributed by atoms with Crippen molar-refractivity contribution in [3.05, 3.63) is 52.8 Å². The smallest absolute Gasteiger partial charge is 0.161 e. The summed E-state index contributed by atoms with van der Waals surface area (Å²) in [5, 5.41) is 15.6. The molecule has 6 nitrogen and oxygen atoms in total. The Bertz CT molecular complexity index is 638. The van der Waals surface area contributed by atoms with Crippen molar-refractivity contribution in [2.45, 2.75) is 13.2 Å². The lowest BCUT2D eigenvalue weighted by Gasteiger charge is -2.13. The number of aromatic nitrogens is 1. The highest BCUT2D eigenvalue weighted by Crippen LogP contribution is 2.28. The predicted molar refractivity (Wildman–Crippen MR) is 98.2 cm³/mol. The summed E-state index contributed by atoms with van der Waals surface area (Å²) in [6, 6.07) is 9.49. The van der Waals surface area contributed by atoms with Gasteiger partial charge in [-0.15, -0.1) is 0 Å². The first-order valence-electron chi connectivity index (χ1n) is 8.15. The molecule has 0 spiro atoms. The van der Waals surface area contributed by atoms with Crippen molar-refractivity contribution < 1.29 is 14.6 Å². The number of pyridine rings is 1. The molecule has 0 bridgehead atoms. The third-order valence-corrected chi connectivity index (χ3v) is 3.73. The highest BCUT2D eigenvalue weighted by atomic mass is 35.5. The monoisotopic (exact) mass is 365 g/mol. The Hall–Kier alpha value is -1.86. The molecule has 0 saturated carbocycles. The average Bonchev–Trinajstić information content (AvgIpc) is 2.64. The van der Waals surface area contributed by atoms with E-state index in [-0.39, 0.29) is 6.61 Å². The fourth-order valence-corrected chi connectivity index (χ4v) is 2.32. The van der Waals surface area contributed by atoms with Gasteiger partial charge in [-0.2, -0.15) is 0 Å². The van der Waals surface area contributed by atoms with Crippen LogP contribution in [0.1, 0.15) is 11.1 Å². The summed E-state index contributed by atoms with van der Waals surface area (Å²) in [7, 11) is 1.63. The number of benzene rings is 1. The van der Waals surface area contributed by atoms with Gasteiger partial charge in [-0.25, -0.2) is 4.98 Å². The van der Waals surface area contributed by atoms with Crippen LogP contribution >= 0.6 is 11.6 Å². The molecule has 0 radical (unpaired) electrons. The Balaban J connectivity index is 1.84. The van der Waals surface area contributed by atoms with Gasteiger partial charge in [0.1, 0.15) is 11.8 Å². The molecule has 0 unspecified atom stereocenters. The van der Waals surface area contributed by atoms with E-state index in [4.69, 9.17) is 26.2 Å². The van der Waals surface area contributed by atoms with E-state index in [0.29, 0.717) is 29.8 Å². The van der Waals surface area contributed by atoms with Crippen LogP contribution in [0.4, 0.5) is 0 Å². The van der Waals surface area contributed by atoms with Crippen molar-refractivity contribution in [2.24, 2.45) is 0 Å². The molecule has 2 aromatic rings. The van der Waals surface area contributed by atoms with Crippen LogP contribution in [-0.4, -0.2) is 43.4 Å². The zero-order valence-corrected chi connectivity index (χ0v) is 15.1. The third-order valence-electron chi connectivity index (χ3n) is 3.51. The number of nitrogens with one attached hydrogen (secondary N) is 2. The molecule has 25 heavy (non-hydrogen) atoms. The van der Waals surface area contributed by atoms with Crippen molar-refractivity contribution in [3.63, 3.8) is 0 Å². The number of rotatable bonds is 11. The number of hydrogen-bond donors (Lipinski definition) is 3. The SMILES string of the molecule is COc1cc(CNCCNCCO)ccc1OCc1ccc(Cl)nc1. The Morgan fingerprint density at radius 2 is 1.84 bits per heavy atom. The van der Waals surface area contributed by atoms with E-state index >= 15 is 0 Å². The molecular formula is C18H24ClN3O3. The summed E-state index contributed by atoms with van der Waals surface area (Å²) >= 11 is 5.78. The second-order valence-electron chi connectivity index (χ2n) is 5.41. The largest absolute Gasteiger partial charge is 0.493 e. The van der Waals surface area contributed by atoms with E-state index in [1.807, 2.05) is 24.3 Å². The van der Waals surface area contributed by atoms with Gasteiger partial charge in [-0.05, 0) is 23.8 Å². The zero-order valence-electron chi connectivity index (χ0n) is 14.3. The molecule has 1 heterocycles. The van der Waals surface area contributed by atoms with Crippen LogP contribution in [0.5, 0.6) is 11.5 Å². The first-order chi connectivity index (χ1) is 12.2. The van der Waals surface area contributed by atoms with Crippen LogP contribution in [0.3, 0.4) is 0 Å². The summed E-state index contributed by atoms with van der Waals surface area (Å²) in [4.78, 5) is 4.04. The lowest BCUT2D eigenvalue weighted by atomic mass is 10.2. The molecule has 1 aromatic heterocycles. The molecule has 136 valence electrons. The Kier molecular flexibility index (Phi) is 8.48. The van der Waals surface area contributed by atoms with Gasteiger partial charge in [0.05, 0.1) is 13.7 Å². The average molecular weight is 366 g/mol. The minimum Gasteiger partial charge on any atom is -0.493 e. The van der Waals surface area contributed by atoms with E-state index < -0.39 is 0 Å². The molecular weight excluding hydrogens is 342 g/mol. The van der Waals surface area contributed by atoms with Crippen molar-refractivity contribution in [3.8, 4) is 11.5 Å². The standard InChI is InChI=1S/C18H24ClN3O3/c1-24-17-10-14(11-21-7-6-20-8-9-23)2-4-16(17)25-13-15-3-5-18(19)22-12-15/h2-5,10,12,20-21,23H,6-9,11,13H2,1H3. The lowest BCUT2D eigenvalue weighted by molar-refractivity contribution is 0.284. The van der Waals surface area contributed by atoms with Crippen LogP contribution in [0, 0.1) is 0 Å². The summed E-state index contributed by atoms with van der Waals surface area (Å²) in [6.07, 6.45) is 1.69. The maximum atomic E-state index is 8.70. The third kappa shape index (κ3) is 6.88. The molecule has 0 amide bonds. The zero-order chi connectivity index (χ0) is 17.9. The molecule has 0 aliphatic carbocycles. The summed E-state index contributed by atoms with van der Waals surface area (Å²) in [6.45, 7) is 3.54. The maximum absolute atomic E-state index is 8.70. The van der Waals surface area contributed by atoms with E-state index in [1.54, 1.807) is 19.4 Å². The minimum atomic E-state index is 0.157. The number of hydrogen-bond acceptors (Lipinski definition) is 6. The lowest BCUT2D eigenvalue weighted by Crippen LogP contribution is -2.28. The second kappa shape index (κ2) is 10.9. The molecule has 2 rings (SSSR count). The van der Waals surface area contributed by atoms with Crippen LogP contribution < -0.4 is 20.1 Å². The number of nitrogens with zero attached hydrogens (tertiary/aromatic N) is 1. The molecule has 0 aliphatic heterocycles. The number of ether oxygens (including phenoxy) is 2. The van der Waals surface area contributed by atoms with Crippen molar-refractivity contribution in [1.29, 1.82) is 0 Å². The minimum absolute atomic E-state index is 0.157. The van der Waals surface area contributed by atoms with Gasteiger partial charge in [-0.3, -0.25) is 0 Å². The first kappa shape index (κ1) is 19.5. The van der Waals surface area contributed by atoms with Gasteiger partial charge in [0.15, 0.2) is 11.5 Å². The van der Waals surface area contributed by atoms with Crippen LogP contribution in [0.2, 0.25) is 5.15 Å². The topological polar surface area (TPSA) is 75.6 Å². The predicted octanol–water partition coefficient (Wildman–Crippen LogP) is 1.99. The highest BCUT2D eigenvalue weighted by Gasteiger charge is 2.06. The van der Waals surface area contributed by atoms with E-state index in [2.05, 4.69) is 15.6 Å². The van der Waals surface area contributed by atoms with Crippen LogP contribution in [-0.2, 0) is 13.2 Å². The fraction of sp³-hybridized carbons (Fsp3) is 0.389. The molecule has 0 saturated heterocycles. The number of aliphatic hydroxyl groups is 1. The molecule has 1 aromatic carbocycles. The Morgan fingerprint density at radius 1 is 1.04 bits per heavy atom. The normalized spacial score (nSPS) is 10.7. The molecule has 0 aliphatic rings. The summed E-state index contributed by atoms with van der Waals surface area (Å²) in [5.41, 5.74) is 2.05. The van der Waals surface area contributed by atoms with Gasteiger partial charge < -0.3 is 25.2 Å². The maximum Gasteiger partial charge on any atom is 0.161 e. The fourth-order valence-electron chi connectivity index (χ4n) is 2.21. The van der Waals surface area contributed by atoms with Crippen molar-refractivity contribution in [2.75, 3.05) is 33.4 Å². The Labute approximate surface area is 153 Å². The Morgan fingerprint density at radius 3 is 2.56 bits per heavy atom. The molecule has 3 N–H and O–H groups in total. The number of halogens is 1. The van der Waals surface area contributed by atoms with Gasteiger partial charge in [0.2, 0.25) is 0 Å². The van der Waals surface area contributed by atoms with Crippen molar-refractivity contribution in [1.82, 2.24) is 15.6 Å². The van der Waals surface area contributed by atoms with Crippen LogP contribution in [0.25, 0.3) is 0 Å². The molecule has 7 heteroatoms. The van der Waals surface area contributed by atoms with E-state index in [1.165, 1.54) is 0 Å². The number of methoxy groups -OCH3 is 1. The second-order valence-corrected chi connectivity index (χ2v) is 5.80. The van der Waals surface area contributed by atoms with Gasteiger partial charge in [-0.1, -0.05) is 23.7 Å². The summed E-state index contributed by atoms with van der Waals surface area (Å²) in [5.74, 6) is 1.38. The van der Waals surface area contributed by atoms with Gasteiger partial charge in [0, 0.05) is 37.9 Å². The van der Waals surface area contributed by atoms with Crippen molar-refractivity contribution >= 4 is 11.6 Å².